The van der Waals surface area contributed by atoms with Crippen LogP contribution in [0.3, 0.4) is 0 Å². The third kappa shape index (κ3) is 8.85. The lowest BCUT2D eigenvalue weighted by Crippen LogP contribution is -2.31. The average Bonchev–Trinajstić information content (AvgIpc) is 2.16. The lowest BCUT2D eigenvalue weighted by atomic mass is 10.2. The largest absolute Gasteiger partial charge is 0.313 e. The zero-order valence-corrected chi connectivity index (χ0v) is 11.0. The summed E-state index contributed by atoms with van der Waals surface area (Å²) in [6, 6.07) is 0.710. The van der Waals surface area contributed by atoms with Gasteiger partial charge < -0.3 is 10.2 Å². The van der Waals surface area contributed by atoms with Gasteiger partial charge in [0.2, 0.25) is 0 Å². The highest BCUT2D eigenvalue weighted by atomic mass is 32.2. The van der Waals surface area contributed by atoms with E-state index >= 15 is 0 Å². The molecule has 3 heteroatoms. The zero-order valence-electron chi connectivity index (χ0n) is 10.2. The minimum atomic E-state index is 0.710. The lowest BCUT2D eigenvalue weighted by molar-refractivity contribution is 0.437. The first-order valence-electron chi connectivity index (χ1n) is 5.66. The molecule has 0 fully saturated rings. The minimum absolute atomic E-state index is 0.710. The van der Waals surface area contributed by atoms with Crippen LogP contribution in [0.15, 0.2) is 0 Å². The smallest absolute Gasteiger partial charge is 0.0155 e. The molecule has 0 spiro atoms. The first-order valence-corrected chi connectivity index (χ1v) is 6.82. The summed E-state index contributed by atoms with van der Waals surface area (Å²) in [4.78, 5) is 2.24. The predicted molar refractivity (Wildman–Crippen MR) is 68.3 cm³/mol. The van der Waals surface area contributed by atoms with Gasteiger partial charge in [0.15, 0.2) is 0 Å². The molecule has 0 aromatic rings. The van der Waals surface area contributed by atoms with Crippen LogP contribution < -0.4 is 5.32 Å². The molecule has 0 aromatic heterocycles. The van der Waals surface area contributed by atoms with E-state index in [0.717, 1.165) is 6.54 Å². The molecule has 0 saturated heterocycles. The molecule has 0 aliphatic heterocycles. The maximum absolute atomic E-state index is 3.57. The monoisotopic (exact) mass is 218 g/mol. The van der Waals surface area contributed by atoms with Crippen molar-refractivity contribution in [3.8, 4) is 0 Å². The Kier molecular flexibility index (Phi) is 10.0. The van der Waals surface area contributed by atoms with Gasteiger partial charge in [-0.2, -0.15) is 11.8 Å². The van der Waals surface area contributed by atoms with Gasteiger partial charge in [-0.25, -0.2) is 0 Å². The van der Waals surface area contributed by atoms with Crippen LogP contribution in [0, 0.1) is 0 Å². The van der Waals surface area contributed by atoms with E-state index in [1.165, 1.54) is 30.9 Å². The topological polar surface area (TPSA) is 15.3 Å². The lowest BCUT2D eigenvalue weighted by Gasteiger charge is -2.16. The van der Waals surface area contributed by atoms with Gasteiger partial charge in [0.25, 0.3) is 0 Å². The summed E-state index contributed by atoms with van der Waals surface area (Å²) in [6.07, 6.45) is 2.48. The van der Waals surface area contributed by atoms with Crippen molar-refractivity contribution in [3.63, 3.8) is 0 Å². The van der Waals surface area contributed by atoms with Crippen LogP contribution >= 0.6 is 11.8 Å². The van der Waals surface area contributed by atoms with Crippen LogP contribution in [0.25, 0.3) is 0 Å². The Bertz CT molecular complexity index is 118. The Hall–Kier alpha value is 0.270. The first kappa shape index (κ1) is 14.3. The van der Waals surface area contributed by atoms with Gasteiger partial charge >= 0.3 is 0 Å². The van der Waals surface area contributed by atoms with Gasteiger partial charge in [-0.05, 0) is 33.5 Å². The van der Waals surface area contributed by atoms with Crippen molar-refractivity contribution >= 4 is 11.8 Å². The average molecular weight is 218 g/mol. The van der Waals surface area contributed by atoms with Crippen LogP contribution in [-0.4, -0.2) is 49.6 Å². The fourth-order valence-corrected chi connectivity index (χ4v) is 2.44. The maximum Gasteiger partial charge on any atom is 0.0155 e. The Labute approximate surface area is 93.8 Å². The summed E-state index contributed by atoms with van der Waals surface area (Å²) >= 11 is 2.06. The Morgan fingerprint density at radius 2 is 2.00 bits per heavy atom. The molecule has 1 atom stereocenters. The molecule has 0 heterocycles. The van der Waals surface area contributed by atoms with Crippen LogP contribution in [0.1, 0.15) is 26.7 Å². The SMILES string of the molecule is CCCNC(CC)CSCCN(C)C. The molecule has 0 aliphatic carbocycles. The summed E-state index contributed by atoms with van der Waals surface area (Å²) in [5.41, 5.74) is 0. The maximum atomic E-state index is 3.57. The molecule has 0 amide bonds. The number of hydrogen-bond donors (Lipinski definition) is 1. The molecule has 0 saturated carbocycles. The van der Waals surface area contributed by atoms with E-state index in [-0.39, 0.29) is 0 Å². The van der Waals surface area contributed by atoms with E-state index in [1.807, 2.05) is 0 Å². The minimum Gasteiger partial charge on any atom is -0.313 e. The fourth-order valence-electron chi connectivity index (χ4n) is 1.14. The Balaban J connectivity index is 3.33. The van der Waals surface area contributed by atoms with Gasteiger partial charge in [0.1, 0.15) is 0 Å². The van der Waals surface area contributed by atoms with E-state index in [4.69, 9.17) is 0 Å². The standard InChI is InChI=1S/C11H26N2S/c1-5-7-12-11(6-2)10-14-9-8-13(3)4/h11-12H,5-10H2,1-4H3. The molecule has 86 valence electrons. The van der Waals surface area contributed by atoms with Crippen molar-refractivity contribution in [2.45, 2.75) is 32.7 Å². The van der Waals surface area contributed by atoms with Crippen molar-refractivity contribution in [3.05, 3.63) is 0 Å². The molecule has 1 N–H and O–H groups in total. The molecular weight excluding hydrogens is 192 g/mol. The summed E-state index contributed by atoms with van der Waals surface area (Å²) in [7, 11) is 4.26. The molecule has 14 heavy (non-hydrogen) atoms. The second-order valence-corrected chi connectivity index (χ2v) is 5.09. The van der Waals surface area contributed by atoms with Gasteiger partial charge in [0.05, 0.1) is 0 Å². The van der Waals surface area contributed by atoms with Crippen molar-refractivity contribution in [2.75, 3.05) is 38.7 Å². The highest BCUT2D eigenvalue weighted by Crippen LogP contribution is 2.05. The number of nitrogens with one attached hydrogen (secondary N) is 1. The number of hydrogen-bond acceptors (Lipinski definition) is 3. The first-order chi connectivity index (χ1) is 6.70. The van der Waals surface area contributed by atoms with E-state index in [0.29, 0.717) is 6.04 Å². The third-order valence-electron chi connectivity index (χ3n) is 2.18. The molecule has 0 radical (unpaired) electrons. The molecule has 2 nitrogen and oxygen atoms in total. The summed E-state index contributed by atoms with van der Waals surface area (Å²) in [5, 5.41) is 3.57. The van der Waals surface area contributed by atoms with Gasteiger partial charge in [0, 0.05) is 24.1 Å². The third-order valence-corrected chi connectivity index (χ3v) is 3.29. The Morgan fingerprint density at radius 3 is 2.50 bits per heavy atom. The number of thioether (sulfide) groups is 1. The van der Waals surface area contributed by atoms with E-state index in [2.05, 4.69) is 49.9 Å². The van der Waals surface area contributed by atoms with E-state index in [9.17, 15) is 0 Å². The molecule has 0 rings (SSSR count). The predicted octanol–water partition coefficient (Wildman–Crippen LogP) is 2.06. The van der Waals surface area contributed by atoms with Crippen LogP contribution in [0.4, 0.5) is 0 Å². The molecular formula is C11H26N2S. The van der Waals surface area contributed by atoms with Gasteiger partial charge in [-0.15, -0.1) is 0 Å². The number of rotatable bonds is 9. The quantitative estimate of drug-likeness (QED) is 0.596. The van der Waals surface area contributed by atoms with E-state index in [1.54, 1.807) is 0 Å². The van der Waals surface area contributed by atoms with Crippen molar-refractivity contribution in [1.29, 1.82) is 0 Å². The fraction of sp³-hybridized carbons (Fsp3) is 1.00. The Morgan fingerprint density at radius 1 is 1.29 bits per heavy atom. The number of nitrogens with zero attached hydrogens (tertiary/aromatic N) is 1. The molecule has 0 bridgehead atoms. The second-order valence-electron chi connectivity index (χ2n) is 3.94. The van der Waals surface area contributed by atoms with Crippen LogP contribution in [0.5, 0.6) is 0 Å². The summed E-state index contributed by atoms with van der Waals surface area (Å²) in [6.45, 7) is 6.83. The zero-order chi connectivity index (χ0) is 10.8. The van der Waals surface area contributed by atoms with Crippen molar-refractivity contribution in [1.82, 2.24) is 10.2 Å². The summed E-state index contributed by atoms with van der Waals surface area (Å²) in [5.74, 6) is 2.50. The highest BCUT2D eigenvalue weighted by molar-refractivity contribution is 7.99. The highest BCUT2D eigenvalue weighted by Gasteiger charge is 2.04. The molecule has 0 aliphatic rings. The molecule has 1 unspecified atom stereocenters. The van der Waals surface area contributed by atoms with Crippen molar-refractivity contribution < 1.29 is 0 Å². The summed E-state index contributed by atoms with van der Waals surface area (Å²) < 4.78 is 0. The van der Waals surface area contributed by atoms with Gasteiger partial charge in [-0.3, -0.25) is 0 Å². The normalized spacial score (nSPS) is 13.5. The van der Waals surface area contributed by atoms with Crippen LogP contribution in [0.2, 0.25) is 0 Å². The van der Waals surface area contributed by atoms with Crippen LogP contribution in [-0.2, 0) is 0 Å². The second kappa shape index (κ2) is 9.81. The van der Waals surface area contributed by atoms with E-state index < -0.39 is 0 Å². The van der Waals surface area contributed by atoms with Crippen molar-refractivity contribution in [2.24, 2.45) is 0 Å². The molecule has 0 aromatic carbocycles. The van der Waals surface area contributed by atoms with Gasteiger partial charge in [-0.1, -0.05) is 13.8 Å².